The normalized spacial score (nSPS) is 15.6. The summed E-state index contributed by atoms with van der Waals surface area (Å²) < 4.78 is 22.6. The molecule has 2 N–H and O–H groups in total. The Morgan fingerprint density at radius 1 is 0.872 bits per heavy atom. The lowest BCUT2D eigenvalue weighted by molar-refractivity contribution is -0.870. The number of hydrogen-bond donors (Lipinski definition) is 2. The number of aliphatic hydroxyl groups excluding tert-OH is 1. The fraction of sp³-hybridized carbons (Fsp3) is 0.833. The van der Waals surface area contributed by atoms with Gasteiger partial charge < -0.3 is 28.8 Å². The molecule has 0 aromatic rings. The van der Waals surface area contributed by atoms with Crippen molar-refractivity contribution in [3.8, 4) is 0 Å². The Hall–Kier alpha value is -1.02. The lowest BCUT2D eigenvalue weighted by Gasteiger charge is -2.29. The van der Waals surface area contributed by atoms with Gasteiger partial charge in [-0.25, -0.2) is 0 Å². The summed E-state index contributed by atoms with van der Waals surface area (Å²) in [6.07, 6.45) is 23.8. The molecule has 230 valence electrons. The van der Waals surface area contributed by atoms with Crippen LogP contribution in [0.15, 0.2) is 24.3 Å². The van der Waals surface area contributed by atoms with E-state index in [0.29, 0.717) is 17.4 Å². The van der Waals surface area contributed by atoms with Crippen molar-refractivity contribution in [2.75, 3.05) is 40.9 Å². The summed E-state index contributed by atoms with van der Waals surface area (Å²) in [4.78, 5) is 24.2. The highest BCUT2D eigenvalue weighted by Gasteiger charge is 2.22. The van der Waals surface area contributed by atoms with Crippen LogP contribution in [-0.4, -0.2) is 68.5 Å². The van der Waals surface area contributed by atoms with Crippen molar-refractivity contribution in [2.45, 2.75) is 122 Å². The number of allylic oxidation sites excluding steroid dienone is 3. The Labute approximate surface area is 239 Å². The van der Waals surface area contributed by atoms with E-state index in [4.69, 9.17) is 9.05 Å². The van der Waals surface area contributed by atoms with Gasteiger partial charge in [-0.2, -0.15) is 0 Å². The van der Waals surface area contributed by atoms with E-state index in [2.05, 4.69) is 24.4 Å². The first-order valence-corrected chi connectivity index (χ1v) is 16.7. The molecule has 0 rings (SSSR count). The van der Waals surface area contributed by atoms with Crippen LogP contribution >= 0.6 is 7.82 Å². The van der Waals surface area contributed by atoms with Crippen LogP contribution in [0, 0.1) is 0 Å². The van der Waals surface area contributed by atoms with Gasteiger partial charge in [-0.1, -0.05) is 95.9 Å². The lowest BCUT2D eigenvalue weighted by Crippen LogP contribution is -2.45. The Balaban J connectivity index is 4.31. The molecule has 0 aliphatic carbocycles. The molecule has 0 aliphatic heterocycles. The number of carbonyl (C=O) groups excluding carboxylic acids is 1. The topological polar surface area (TPSA) is 108 Å². The average molecular weight is 575 g/mol. The highest BCUT2D eigenvalue weighted by molar-refractivity contribution is 7.45. The monoisotopic (exact) mass is 574 g/mol. The maximum Gasteiger partial charge on any atom is 0.268 e. The largest absolute Gasteiger partial charge is 0.756 e. The smallest absolute Gasteiger partial charge is 0.268 e. The van der Waals surface area contributed by atoms with Gasteiger partial charge in [0.25, 0.3) is 7.82 Å². The quantitative estimate of drug-likeness (QED) is 0.0564. The fourth-order valence-corrected chi connectivity index (χ4v) is 4.64. The standard InChI is InChI=1S/C30H59N2O6P/c1-6-8-9-10-11-12-13-14-15-16-17-18-19-20-21-22-24-29(33)28(31-30(34)23-7-2)27-38-39(35,36)37-26-25-32(3,4)5/h18-19,22,24,28-29,33H,6-17,20-21,23,25-27H2,1-5H3,(H-,31,34,35,36)/b19-18+,24-22+. The van der Waals surface area contributed by atoms with Crippen molar-refractivity contribution >= 4 is 13.7 Å². The summed E-state index contributed by atoms with van der Waals surface area (Å²) in [6, 6.07) is -0.892. The number of likely N-dealkylation sites (N-methyl/N-ethyl adjacent to an activating group) is 1. The van der Waals surface area contributed by atoms with Crippen molar-refractivity contribution in [2.24, 2.45) is 0 Å². The molecule has 0 aromatic heterocycles. The fourth-order valence-electron chi connectivity index (χ4n) is 3.91. The first-order valence-electron chi connectivity index (χ1n) is 15.2. The molecule has 0 saturated carbocycles. The summed E-state index contributed by atoms with van der Waals surface area (Å²) in [5.74, 6) is -0.264. The zero-order valence-electron chi connectivity index (χ0n) is 25.6. The SMILES string of the molecule is CCCCCCCCCCCC/C=C/CC/C=C/C(O)C(COP(=O)([O-])OCC[N+](C)(C)C)NC(=O)CCC. The minimum absolute atomic E-state index is 0.00763. The Kier molecular flexibility index (Phi) is 23.0. The maximum absolute atomic E-state index is 12.1. The zero-order valence-corrected chi connectivity index (χ0v) is 26.5. The van der Waals surface area contributed by atoms with E-state index < -0.39 is 26.6 Å². The van der Waals surface area contributed by atoms with Crippen LogP contribution in [0.25, 0.3) is 0 Å². The second-order valence-electron chi connectivity index (χ2n) is 11.5. The molecule has 0 spiro atoms. The highest BCUT2D eigenvalue weighted by Crippen LogP contribution is 2.38. The molecule has 0 saturated heterocycles. The van der Waals surface area contributed by atoms with Crippen molar-refractivity contribution in [3.63, 3.8) is 0 Å². The molecule has 0 aliphatic rings. The number of nitrogens with one attached hydrogen (secondary N) is 1. The summed E-state index contributed by atoms with van der Waals surface area (Å²) in [6.45, 7) is 4.21. The number of phosphoric acid groups is 1. The van der Waals surface area contributed by atoms with Crippen molar-refractivity contribution < 1.29 is 32.9 Å². The molecule has 8 nitrogen and oxygen atoms in total. The summed E-state index contributed by atoms with van der Waals surface area (Å²) >= 11 is 0. The summed E-state index contributed by atoms with van der Waals surface area (Å²) in [5.41, 5.74) is 0. The van der Waals surface area contributed by atoms with Crippen molar-refractivity contribution in [1.29, 1.82) is 0 Å². The van der Waals surface area contributed by atoms with Crippen LogP contribution in [0.2, 0.25) is 0 Å². The molecular weight excluding hydrogens is 515 g/mol. The number of rotatable bonds is 26. The van der Waals surface area contributed by atoms with E-state index in [1.54, 1.807) is 6.08 Å². The average Bonchev–Trinajstić information content (AvgIpc) is 2.85. The second-order valence-corrected chi connectivity index (χ2v) is 12.9. The Bertz CT molecular complexity index is 708. The predicted octanol–water partition coefficient (Wildman–Crippen LogP) is 6.04. The molecule has 3 atom stereocenters. The molecule has 0 fully saturated rings. The van der Waals surface area contributed by atoms with Gasteiger partial charge in [-0.05, 0) is 32.1 Å². The van der Waals surface area contributed by atoms with E-state index >= 15 is 0 Å². The van der Waals surface area contributed by atoms with Crippen LogP contribution in [0.4, 0.5) is 0 Å². The molecular formula is C30H59N2O6P. The number of unbranched alkanes of at least 4 members (excludes halogenated alkanes) is 11. The second kappa shape index (κ2) is 23.7. The van der Waals surface area contributed by atoms with Gasteiger partial charge >= 0.3 is 0 Å². The van der Waals surface area contributed by atoms with Crippen molar-refractivity contribution in [3.05, 3.63) is 24.3 Å². The number of carbonyl (C=O) groups is 1. The summed E-state index contributed by atoms with van der Waals surface area (Å²) in [5, 5.41) is 13.3. The Morgan fingerprint density at radius 3 is 2.03 bits per heavy atom. The number of amides is 1. The Morgan fingerprint density at radius 2 is 1.44 bits per heavy atom. The van der Waals surface area contributed by atoms with Gasteiger partial charge in [0.2, 0.25) is 5.91 Å². The molecule has 0 aromatic carbocycles. The molecule has 9 heteroatoms. The molecule has 39 heavy (non-hydrogen) atoms. The zero-order chi connectivity index (χ0) is 29.4. The van der Waals surface area contributed by atoms with Gasteiger partial charge in [-0.3, -0.25) is 9.36 Å². The lowest BCUT2D eigenvalue weighted by atomic mass is 10.1. The third kappa shape index (κ3) is 25.7. The number of quaternary nitrogens is 1. The van der Waals surface area contributed by atoms with Gasteiger partial charge in [-0.15, -0.1) is 0 Å². The van der Waals surface area contributed by atoms with Crippen molar-refractivity contribution in [1.82, 2.24) is 5.32 Å². The third-order valence-corrected chi connectivity index (χ3v) is 7.35. The van der Waals surface area contributed by atoms with Gasteiger partial charge in [0.15, 0.2) is 0 Å². The van der Waals surface area contributed by atoms with E-state index in [1.807, 2.05) is 34.1 Å². The van der Waals surface area contributed by atoms with Gasteiger partial charge in [0.1, 0.15) is 13.2 Å². The molecule has 0 heterocycles. The van der Waals surface area contributed by atoms with Crippen LogP contribution in [-0.2, 0) is 18.4 Å². The van der Waals surface area contributed by atoms with Crippen LogP contribution < -0.4 is 10.2 Å². The maximum atomic E-state index is 12.1. The van der Waals surface area contributed by atoms with E-state index in [1.165, 1.54) is 64.2 Å². The van der Waals surface area contributed by atoms with Gasteiger partial charge in [0.05, 0.1) is 39.9 Å². The molecule has 3 unspecified atom stereocenters. The van der Waals surface area contributed by atoms with Gasteiger partial charge in [0, 0.05) is 6.42 Å². The van der Waals surface area contributed by atoms with E-state index in [-0.39, 0.29) is 18.9 Å². The number of nitrogens with zero attached hydrogens (tertiary/aromatic N) is 1. The predicted molar refractivity (Wildman–Crippen MR) is 159 cm³/mol. The number of phosphoric ester groups is 1. The van der Waals surface area contributed by atoms with Crippen LogP contribution in [0.1, 0.15) is 110 Å². The number of aliphatic hydroxyl groups is 1. The van der Waals surface area contributed by atoms with E-state index in [9.17, 15) is 19.4 Å². The summed E-state index contributed by atoms with van der Waals surface area (Å²) in [7, 11) is 1.23. The minimum atomic E-state index is -4.55. The van der Waals surface area contributed by atoms with Crippen LogP contribution in [0.5, 0.6) is 0 Å². The molecule has 0 radical (unpaired) electrons. The first kappa shape index (κ1) is 38.0. The minimum Gasteiger partial charge on any atom is -0.756 e. The third-order valence-electron chi connectivity index (χ3n) is 6.38. The van der Waals surface area contributed by atoms with Crippen LogP contribution in [0.3, 0.4) is 0 Å². The number of hydrogen-bond acceptors (Lipinski definition) is 6. The molecule has 1 amide bonds. The highest BCUT2D eigenvalue weighted by atomic mass is 31.2. The molecule has 0 bridgehead atoms. The first-order chi connectivity index (χ1) is 18.5. The van der Waals surface area contributed by atoms with E-state index in [0.717, 1.165) is 19.3 Å².